The Bertz CT molecular complexity index is 672. The molecule has 3 aromatic carbocycles. The molecule has 0 spiro atoms. The topological polar surface area (TPSA) is 3.24 Å². The Labute approximate surface area is 126 Å². The molecule has 0 atom stereocenters. The number of hydrogen-bond donors (Lipinski definition) is 0. The van der Waals surface area contributed by atoms with Crippen LogP contribution in [-0.2, 0) is 6.42 Å². The van der Waals surface area contributed by atoms with Gasteiger partial charge in [-0.15, -0.1) is 0 Å². The molecule has 0 aliphatic carbocycles. The third-order valence-corrected chi connectivity index (χ3v) is 3.72. The van der Waals surface area contributed by atoms with E-state index in [-0.39, 0.29) is 0 Å². The summed E-state index contributed by atoms with van der Waals surface area (Å²) in [6.45, 7) is 0. The van der Waals surface area contributed by atoms with Crippen LogP contribution >= 0.6 is 0 Å². The van der Waals surface area contributed by atoms with Gasteiger partial charge >= 0.3 is 0 Å². The van der Waals surface area contributed by atoms with Gasteiger partial charge in [-0.3, -0.25) is 0 Å². The molecule has 3 aromatic rings. The minimum atomic E-state index is 0.982. The van der Waals surface area contributed by atoms with Gasteiger partial charge in [0.1, 0.15) is 0 Å². The second kappa shape index (κ2) is 6.27. The van der Waals surface area contributed by atoms with Gasteiger partial charge in [0.2, 0.25) is 0 Å². The minimum absolute atomic E-state index is 0.982. The van der Waals surface area contributed by atoms with Crippen LogP contribution in [-0.4, -0.2) is 7.05 Å². The van der Waals surface area contributed by atoms with Crippen LogP contribution in [0.5, 0.6) is 0 Å². The second-order valence-electron chi connectivity index (χ2n) is 5.22. The quantitative estimate of drug-likeness (QED) is 0.643. The fraction of sp³-hybridized carbons (Fsp3) is 0.100. The molecule has 3 rings (SSSR count). The van der Waals surface area contributed by atoms with Crippen molar-refractivity contribution in [1.82, 2.24) is 0 Å². The normalized spacial score (nSPS) is 10.3. The zero-order valence-electron chi connectivity index (χ0n) is 12.2. The zero-order chi connectivity index (χ0) is 14.5. The minimum Gasteiger partial charge on any atom is -0.345 e. The first kappa shape index (κ1) is 13.4. The van der Waals surface area contributed by atoms with Gasteiger partial charge in [-0.25, -0.2) is 0 Å². The first-order valence-corrected chi connectivity index (χ1v) is 7.24. The van der Waals surface area contributed by atoms with Crippen molar-refractivity contribution >= 4 is 11.4 Å². The molecule has 0 unspecified atom stereocenters. The van der Waals surface area contributed by atoms with Crippen molar-refractivity contribution in [2.45, 2.75) is 6.42 Å². The molecule has 104 valence electrons. The van der Waals surface area contributed by atoms with E-state index in [1.807, 2.05) is 6.07 Å². The standard InChI is InChI=1S/C20H19N/c1-21(19-10-6-3-7-11-19)20-14-12-18(13-15-20)16-17-8-4-2-5-9-17/h2-15H,16H2,1H3. The second-order valence-corrected chi connectivity index (χ2v) is 5.22. The van der Waals surface area contributed by atoms with E-state index in [0.29, 0.717) is 0 Å². The fourth-order valence-electron chi connectivity index (χ4n) is 2.47. The predicted molar refractivity (Wildman–Crippen MR) is 90.2 cm³/mol. The fourth-order valence-corrected chi connectivity index (χ4v) is 2.47. The van der Waals surface area contributed by atoms with Gasteiger partial charge < -0.3 is 4.90 Å². The molecule has 0 N–H and O–H groups in total. The molecule has 0 saturated heterocycles. The summed E-state index contributed by atoms with van der Waals surface area (Å²) in [4.78, 5) is 2.20. The molecule has 0 fully saturated rings. The summed E-state index contributed by atoms with van der Waals surface area (Å²) in [5.74, 6) is 0. The molecule has 0 heterocycles. The molecule has 0 aromatic heterocycles. The Hall–Kier alpha value is -2.54. The molecule has 0 amide bonds. The Morgan fingerprint density at radius 3 is 1.67 bits per heavy atom. The highest BCUT2D eigenvalue weighted by atomic mass is 15.1. The van der Waals surface area contributed by atoms with Crippen LogP contribution in [0.1, 0.15) is 11.1 Å². The van der Waals surface area contributed by atoms with E-state index in [2.05, 4.69) is 90.8 Å². The first-order valence-electron chi connectivity index (χ1n) is 7.24. The number of anilines is 2. The third-order valence-electron chi connectivity index (χ3n) is 3.72. The predicted octanol–water partition coefficient (Wildman–Crippen LogP) is 5.05. The SMILES string of the molecule is CN(c1ccccc1)c1ccc(Cc2ccccc2)cc1. The van der Waals surface area contributed by atoms with Crippen LogP contribution in [0.4, 0.5) is 11.4 Å². The van der Waals surface area contributed by atoms with E-state index in [4.69, 9.17) is 0 Å². The van der Waals surface area contributed by atoms with Gasteiger partial charge in [0, 0.05) is 18.4 Å². The molecule has 1 nitrogen and oxygen atoms in total. The van der Waals surface area contributed by atoms with Crippen LogP contribution in [0.3, 0.4) is 0 Å². The number of rotatable bonds is 4. The van der Waals surface area contributed by atoms with Crippen molar-refractivity contribution in [3.8, 4) is 0 Å². The van der Waals surface area contributed by atoms with Crippen LogP contribution in [0.2, 0.25) is 0 Å². The van der Waals surface area contributed by atoms with E-state index in [1.54, 1.807) is 0 Å². The lowest BCUT2D eigenvalue weighted by Crippen LogP contribution is -2.08. The van der Waals surface area contributed by atoms with Gasteiger partial charge in [0.25, 0.3) is 0 Å². The zero-order valence-corrected chi connectivity index (χ0v) is 12.2. The Morgan fingerprint density at radius 1 is 0.571 bits per heavy atom. The van der Waals surface area contributed by atoms with Crippen LogP contribution in [0.15, 0.2) is 84.9 Å². The summed E-state index contributed by atoms with van der Waals surface area (Å²) in [6.07, 6.45) is 0.982. The third kappa shape index (κ3) is 3.32. The summed E-state index contributed by atoms with van der Waals surface area (Å²) < 4.78 is 0. The molecular weight excluding hydrogens is 254 g/mol. The van der Waals surface area contributed by atoms with E-state index in [9.17, 15) is 0 Å². The monoisotopic (exact) mass is 273 g/mol. The number of benzene rings is 3. The summed E-state index contributed by atoms with van der Waals surface area (Å²) in [7, 11) is 2.10. The highest BCUT2D eigenvalue weighted by Gasteiger charge is 2.03. The van der Waals surface area contributed by atoms with Gasteiger partial charge in [-0.2, -0.15) is 0 Å². The van der Waals surface area contributed by atoms with Gasteiger partial charge in [0.15, 0.2) is 0 Å². The average molecular weight is 273 g/mol. The number of hydrogen-bond acceptors (Lipinski definition) is 1. The summed E-state index contributed by atoms with van der Waals surface area (Å²) in [5, 5.41) is 0. The summed E-state index contributed by atoms with van der Waals surface area (Å²) in [6, 6.07) is 29.8. The van der Waals surface area contributed by atoms with Crippen molar-refractivity contribution in [2.75, 3.05) is 11.9 Å². The van der Waals surface area contributed by atoms with Crippen molar-refractivity contribution in [3.05, 3.63) is 96.1 Å². The molecular formula is C20H19N. The largest absolute Gasteiger partial charge is 0.345 e. The van der Waals surface area contributed by atoms with E-state index in [0.717, 1.165) is 6.42 Å². The lowest BCUT2D eigenvalue weighted by atomic mass is 10.0. The molecule has 21 heavy (non-hydrogen) atoms. The van der Waals surface area contributed by atoms with E-state index >= 15 is 0 Å². The molecule has 0 saturated carbocycles. The molecule has 1 heteroatoms. The number of para-hydroxylation sites is 1. The van der Waals surface area contributed by atoms with Gasteiger partial charge in [0.05, 0.1) is 0 Å². The van der Waals surface area contributed by atoms with E-state index in [1.165, 1.54) is 22.5 Å². The average Bonchev–Trinajstić information content (AvgIpc) is 2.57. The highest BCUT2D eigenvalue weighted by Crippen LogP contribution is 2.23. The maximum atomic E-state index is 2.21. The van der Waals surface area contributed by atoms with Crippen LogP contribution < -0.4 is 4.90 Å². The Balaban J connectivity index is 1.75. The van der Waals surface area contributed by atoms with Crippen LogP contribution in [0, 0.1) is 0 Å². The van der Waals surface area contributed by atoms with Gasteiger partial charge in [-0.05, 0) is 41.8 Å². The summed E-state index contributed by atoms with van der Waals surface area (Å²) in [5.41, 5.74) is 5.10. The van der Waals surface area contributed by atoms with Crippen molar-refractivity contribution in [2.24, 2.45) is 0 Å². The van der Waals surface area contributed by atoms with Crippen LogP contribution in [0.25, 0.3) is 0 Å². The molecule has 0 bridgehead atoms. The van der Waals surface area contributed by atoms with Crippen molar-refractivity contribution < 1.29 is 0 Å². The van der Waals surface area contributed by atoms with Crippen molar-refractivity contribution in [1.29, 1.82) is 0 Å². The lowest BCUT2D eigenvalue weighted by Gasteiger charge is -2.19. The first-order chi connectivity index (χ1) is 10.3. The highest BCUT2D eigenvalue weighted by molar-refractivity contribution is 5.62. The molecule has 0 radical (unpaired) electrons. The Kier molecular flexibility index (Phi) is 4.02. The smallest absolute Gasteiger partial charge is 0.0408 e. The maximum Gasteiger partial charge on any atom is 0.0408 e. The number of nitrogens with zero attached hydrogens (tertiary/aromatic N) is 1. The molecule has 0 aliphatic rings. The van der Waals surface area contributed by atoms with Crippen molar-refractivity contribution in [3.63, 3.8) is 0 Å². The van der Waals surface area contributed by atoms with Gasteiger partial charge in [-0.1, -0.05) is 60.7 Å². The van der Waals surface area contributed by atoms with E-state index < -0.39 is 0 Å². The Morgan fingerprint density at radius 2 is 1.05 bits per heavy atom. The molecule has 0 aliphatic heterocycles. The lowest BCUT2D eigenvalue weighted by molar-refractivity contribution is 1.17. The maximum absolute atomic E-state index is 2.21. The summed E-state index contributed by atoms with van der Waals surface area (Å²) >= 11 is 0.